The Hall–Kier alpha value is -4.03. The quantitative estimate of drug-likeness (QED) is 0.0260. The molecule has 0 saturated carbocycles. The van der Waals surface area contributed by atoms with E-state index in [2.05, 4.69) is 31.9 Å². The van der Waals surface area contributed by atoms with Gasteiger partial charge in [-0.3, -0.25) is 33.6 Å². The second-order valence-electron chi connectivity index (χ2n) is 15.3. The first kappa shape index (κ1) is 57.0. The first-order valence-corrected chi connectivity index (χ1v) is 21.9. The van der Waals surface area contributed by atoms with Gasteiger partial charge in [-0.05, 0) is 155 Å². The maximum atomic E-state index is 14.1. The Morgan fingerprint density at radius 3 is 0.738 bits per heavy atom. The van der Waals surface area contributed by atoms with Gasteiger partial charge in [0.2, 0.25) is 41.4 Å². The molecular weight excluding hydrogens is 793 g/mol. The number of nitrogens with one attached hydrogen (secondary N) is 6. The van der Waals surface area contributed by atoms with Crippen molar-refractivity contribution in [2.75, 3.05) is 45.9 Å². The zero-order valence-electron chi connectivity index (χ0n) is 36.1. The number of aliphatic hydroxyl groups is 1. The minimum atomic E-state index is -1.27. The molecule has 0 aromatic rings. The fraction of sp³-hybridized carbons (Fsp3) is 0.821. The Balaban J connectivity index is 6.48. The van der Waals surface area contributed by atoms with Crippen LogP contribution in [0, 0.1) is 0 Å². The minimum Gasteiger partial charge on any atom is -0.394 e. The summed E-state index contributed by atoms with van der Waals surface area (Å²) < 4.78 is 0. The molecule has 354 valence electrons. The van der Waals surface area contributed by atoms with Crippen molar-refractivity contribution in [1.29, 1.82) is 0 Å². The monoisotopic (exact) mass is 873 g/mol. The van der Waals surface area contributed by atoms with E-state index in [9.17, 15) is 38.7 Å². The fourth-order valence-corrected chi connectivity index (χ4v) is 6.31. The van der Waals surface area contributed by atoms with Crippen molar-refractivity contribution >= 4 is 41.4 Å². The maximum Gasteiger partial charge on any atom is 0.243 e. The van der Waals surface area contributed by atoms with E-state index < -0.39 is 90.3 Å². The lowest BCUT2D eigenvalue weighted by Gasteiger charge is -2.28. The molecule has 0 bridgehead atoms. The minimum absolute atomic E-state index is 0.134. The number of hydrogen-bond acceptors (Lipinski definition) is 15. The van der Waals surface area contributed by atoms with Gasteiger partial charge in [0.25, 0.3) is 0 Å². The average molecular weight is 873 g/mol. The molecule has 7 amide bonds. The van der Waals surface area contributed by atoms with Crippen molar-refractivity contribution in [2.24, 2.45) is 45.9 Å². The molecule has 61 heavy (non-hydrogen) atoms. The summed E-state index contributed by atoms with van der Waals surface area (Å²) in [5, 5.41) is 25.5. The van der Waals surface area contributed by atoms with E-state index in [1.165, 1.54) is 0 Å². The molecule has 0 aromatic carbocycles. The highest BCUT2D eigenvalue weighted by molar-refractivity contribution is 5.97. The number of primary amides is 1. The Kier molecular flexibility index (Phi) is 33.2. The Morgan fingerprint density at radius 2 is 0.541 bits per heavy atom. The van der Waals surface area contributed by atoms with Crippen LogP contribution < -0.4 is 77.8 Å². The summed E-state index contributed by atoms with van der Waals surface area (Å²) in [6.45, 7) is 1.43. The van der Waals surface area contributed by atoms with Crippen molar-refractivity contribution < 1.29 is 38.7 Å². The van der Waals surface area contributed by atoms with Gasteiger partial charge in [-0.2, -0.15) is 0 Å². The molecule has 0 aliphatic heterocycles. The van der Waals surface area contributed by atoms with Crippen LogP contribution in [0.4, 0.5) is 0 Å². The van der Waals surface area contributed by atoms with Crippen LogP contribution in [0.5, 0.6) is 0 Å². The molecular formula is C39H80N14O8. The standard InChI is InChI=1S/C39H80N14O8/c40-19-7-1-13-27(33(47)55)48-35(57)29(15-3-9-21-42)50-37(59)31(17-5-11-23-44)52-39(61)32(18-6-12-24-45)53-38(60)30(16-4-10-22-43)51-36(58)28(14-2-8-20-41)49-34(56)26(46)25-54/h26-32,54H,1-25,40-46H2,(H2,47,55)(H,48,57)(H,49,56)(H,50,59)(H,51,58)(H,52,61)(H,53,60)/t26-,27-,28-,29-,30-,31-,32-/m0/s1. The summed E-state index contributed by atoms with van der Waals surface area (Å²) >= 11 is 0. The van der Waals surface area contributed by atoms with E-state index in [0.717, 1.165) is 0 Å². The van der Waals surface area contributed by atoms with Crippen LogP contribution in [0.2, 0.25) is 0 Å². The molecule has 22 nitrogen and oxygen atoms in total. The molecule has 0 unspecified atom stereocenters. The van der Waals surface area contributed by atoms with Gasteiger partial charge >= 0.3 is 0 Å². The van der Waals surface area contributed by atoms with Crippen LogP contribution in [0.3, 0.4) is 0 Å². The van der Waals surface area contributed by atoms with Gasteiger partial charge in [0.1, 0.15) is 42.3 Å². The van der Waals surface area contributed by atoms with Gasteiger partial charge in [0.05, 0.1) is 6.61 Å². The van der Waals surface area contributed by atoms with E-state index >= 15 is 0 Å². The molecule has 0 heterocycles. The molecule has 0 aliphatic carbocycles. The summed E-state index contributed by atoms with van der Waals surface area (Å²) in [6, 6.07) is -7.93. The summed E-state index contributed by atoms with van der Waals surface area (Å²) in [4.78, 5) is 93.8. The summed E-state index contributed by atoms with van der Waals surface area (Å²) in [6.07, 6.45) is 7.18. The van der Waals surface area contributed by atoms with Crippen LogP contribution in [0.1, 0.15) is 116 Å². The van der Waals surface area contributed by atoms with E-state index in [1.54, 1.807) is 0 Å². The van der Waals surface area contributed by atoms with Gasteiger partial charge in [-0.25, -0.2) is 0 Å². The van der Waals surface area contributed by atoms with Gasteiger partial charge in [0.15, 0.2) is 0 Å². The molecule has 0 rings (SSSR count). The van der Waals surface area contributed by atoms with Gasteiger partial charge in [-0.1, -0.05) is 0 Å². The number of rotatable bonds is 38. The third-order valence-corrected chi connectivity index (χ3v) is 10.0. The zero-order valence-corrected chi connectivity index (χ0v) is 36.1. The van der Waals surface area contributed by atoms with E-state index in [4.69, 9.17) is 45.9 Å². The van der Waals surface area contributed by atoms with Crippen LogP contribution in [0.15, 0.2) is 0 Å². The average Bonchev–Trinajstić information content (AvgIpc) is 3.23. The number of unbranched alkanes of at least 4 members (excludes halogenated alkanes) is 6. The molecule has 22 heteroatoms. The number of nitrogens with two attached hydrogens (primary N) is 8. The largest absolute Gasteiger partial charge is 0.394 e. The molecule has 7 atom stereocenters. The summed E-state index contributed by atoms with van der Waals surface area (Å²) in [5.74, 6) is -4.82. The van der Waals surface area contributed by atoms with Gasteiger partial charge < -0.3 is 82.9 Å². The van der Waals surface area contributed by atoms with Crippen LogP contribution in [-0.4, -0.2) is 135 Å². The lowest BCUT2D eigenvalue weighted by molar-refractivity contribution is -0.135. The molecule has 0 saturated heterocycles. The SMILES string of the molecule is NCCCC[C@H](NC(=O)[C@H](CCCCN)NC(=O)[C@H](CCCCN)NC(=O)[C@H](CCCCN)NC(=O)[C@H](CCCCN)NC(=O)[C@H](CCCCN)NC(=O)[C@@H](N)CO)C(N)=O. The topological polar surface area (TPSA) is 420 Å². The smallest absolute Gasteiger partial charge is 0.243 e. The first-order chi connectivity index (χ1) is 29.2. The van der Waals surface area contributed by atoms with Crippen LogP contribution in [0.25, 0.3) is 0 Å². The molecule has 0 aliphatic rings. The van der Waals surface area contributed by atoms with Crippen molar-refractivity contribution in [2.45, 2.75) is 158 Å². The third-order valence-electron chi connectivity index (χ3n) is 10.0. The highest BCUT2D eigenvalue weighted by Gasteiger charge is 2.33. The van der Waals surface area contributed by atoms with Crippen molar-refractivity contribution in [3.05, 3.63) is 0 Å². The zero-order chi connectivity index (χ0) is 46.0. The van der Waals surface area contributed by atoms with Gasteiger partial charge in [-0.15, -0.1) is 0 Å². The predicted octanol–water partition coefficient (Wildman–Crippen LogP) is -4.53. The van der Waals surface area contributed by atoms with E-state index in [1.807, 2.05) is 0 Å². The second kappa shape index (κ2) is 35.6. The van der Waals surface area contributed by atoms with Crippen LogP contribution in [-0.2, 0) is 33.6 Å². The molecule has 0 spiro atoms. The number of aliphatic hydroxyl groups excluding tert-OH is 1. The third kappa shape index (κ3) is 25.5. The lowest BCUT2D eigenvalue weighted by atomic mass is 10.0. The Labute approximate surface area is 361 Å². The molecule has 0 radical (unpaired) electrons. The van der Waals surface area contributed by atoms with Gasteiger partial charge in [0, 0.05) is 0 Å². The molecule has 0 aromatic heterocycles. The predicted molar refractivity (Wildman–Crippen MR) is 233 cm³/mol. The van der Waals surface area contributed by atoms with Crippen molar-refractivity contribution in [3.63, 3.8) is 0 Å². The summed E-state index contributed by atoms with van der Waals surface area (Å²) in [5.41, 5.74) is 45.3. The number of amides is 7. The highest BCUT2D eigenvalue weighted by atomic mass is 16.3. The first-order valence-electron chi connectivity index (χ1n) is 21.9. The number of carbonyl (C=O) groups excluding carboxylic acids is 7. The molecule has 0 fully saturated rings. The normalized spacial score (nSPS) is 14.6. The lowest BCUT2D eigenvalue weighted by Crippen LogP contribution is -2.60. The van der Waals surface area contributed by atoms with Crippen LogP contribution >= 0.6 is 0 Å². The van der Waals surface area contributed by atoms with E-state index in [-0.39, 0.29) is 38.5 Å². The van der Waals surface area contributed by atoms with Crippen molar-refractivity contribution in [3.8, 4) is 0 Å². The number of carbonyl (C=O) groups is 7. The second-order valence-corrected chi connectivity index (χ2v) is 15.3. The van der Waals surface area contributed by atoms with E-state index in [0.29, 0.717) is 116 Å². The Morgan fingerprint density at radius 1 is 0.344 bits per heavy atom. The maximum absolute atomic E-state index is 14.1. The van der Waals surface area contributed by atoms with Crippen molar-refractivity contribution in [1.82, 2.24) is 31.9 Å². The fourth-order valence-electron chi connectivity index (χ4n) is 6.31. The Bertz CT molecular complexity index is 1280. The summed E-state index contributed by atoms with van der Waals surface area (Å²) in [7, 11) is 0. The highest BCUT2D eigenvalue weighted by Crippen LogP contribution is 2.11. The number of hydrogen-bond donors (Lipinski definition) is 15. The molecule has 23 N–H and O–H groups in total.